The molecule has 6 rings (SSSR count). The lowest BCUT2D eigenvalue weighted by Crippen LogP contribution is -2.61. The van der Waals surface area contributed by atoms with Gasteiger partial charge in [0.05, 0.1) is 24.9 Å². The molecule has 1 N–H and O–H groups in total. The molecule has 3 aromatic carbocycles. The number of likely N-dealkylation sites (tertiary alicyclic amines) is 1. The molecule has 3 aliphatic heterocycles. The second-order valence-corrected chi connectivity index (χ2v) is 15.0. The van der Waals surface area contributed by atoms with Gasteiger partial charge in [0, 0.05) is 55.5 Å². The maximum atomic E-state index is 15.3. The number of piperazine rings is 1. The molecule has 3 aromatic rings. The molecule has 2 saturated heterocycles. The van der Waals surface area contributed by atoms with Crippen molar-refractivity contribution in [2.24, 2.45) is 0 Å². The van der Waals surface area contributed by atoms with Crippen molar-refractivity contribution in [3.05, 3.63) is 76.6 Å². The summed E-state index contributed by atoms with van der Waals surface area (Å²) in [6, 6.07) is 11.4. The lowest BCUT2D eigenvalue weighted by molar-refractivity contribution is -0.137. The van der Waals surface area contributed by atoms with Crippen molar-refractivity contribution in [3.8, 4) is 17.2 Å². The van der Waals surface area contributed by atoms with Gasteiger partial charge in [0.15, 0.2) is 5.41 Å². The molecule has 3 aliphatic rings. The molecular weight excluding hydrogens is 727 g/mol. The Hall–Kier alpha value is -4.09. The number of hydrazine groups is 1. The fourth-order valence-corrected chi connectivity index (χ4v) is 8.91. The number of hydrogen-bond acceptors (Lipinski definition) is 10. The normalized spacial score (nSPS) is 20.6. The highest BCUT2D eigenvalue weighted by Crippen LogP contribution is 2.52. The number of carbonyl (C=O) groups is 2. The summed E-state index contributed by atoms with van der Waals surface area (Å²) in [6.45, 7) is 2.81. The third kappa shape index (κ3) is 6.77. The average Bonchev–Trinajstić information content (AvgIpc) is 3.39. The summed E-state index contributed by atoms with van der Waals surface area (Å²) < 4.78 is 87.7. The lowest BCUT2D eigenvalue weighted by Gasteiger charge is -2.42. The Bertz CT molecular complexity index is 1940. The van der Waals surface area contributed by atoms with Gasteiger partial charge in [-0.2, -0.15) is 0 Å². The molecule has 2 fully saturated rings. The van der Waals surface area contributed by atoms with Gasteiger partial charge in [0.2, 0.25) is 0 Å². The average molecular weight is 766 g/mol. The van der Waals surface area contributed by atoms with Gasteiger partial charge < -0.3 is 19.1 Å². The first-order valence-corrected chi connectivity index (χ1v) is 18.4. The fraction of sp³-hybridized carbons (Fsp3) is 0.429. The number of hydrogen-bond donors (Lipinski definition) is 1. The number of benzene rings is 3. The molecule has 52 heavy (non-hydrogen) atoms. The van der Waals surface area contributed by atoms with Crippen molar-refractivity contribution in [2.45, 2.75) is 35.6 Å². The van der Waals surface area contributed by atoms with Gasteiger partial charge in [-0.15, -0.1) is 0 Å². The van der Waals surface area contributed by atoms with E-state index in [0.717, 1.165) is 44.1 Å². The van der Waals surface area contributed by atoms with Crippen LogP contribution in [0.5, 0.6) is 17.2 Å². The van der Waals surface area contributed by atoms with E-state index in [4.69, 9.17) is 25.8 Å². The number of rotatable bonds is 11. The number of para-hydroxylation sites is 1. The van der Waals surface area contributed by atoms with Crippen LogP contribution in [0.2, 0.25) is 5.02 Å². The highest BCUT2D eigenvalue weighted by molar-refractivity contribution is 7.93. The van der Waals surface area contributed by atoms with Crippen LogP contribution in [0.4, 0.5) is 18.9 Å². The van der Waals surface area contributed by atoms with Gasteiger partial charge in [0.25, 0.3) is 28.3 Å². The predicted molar refractivity (Wildman–Crippen MR) is 186 cm³/mol. The van der Waals surface area contributed by atoms with E-state index in [9.17, 15) is 22.0 Å². The van der Waals surface area contributed by atoms with Gasteiger partial charge >= 0.3 is 0 Å². The SMILES string of the molecule is COc1ccc(S(=O)(=O)N2C(=O)C(C(=O)NN3CCN(C4CCN(C)CC4)CC3)(c3ccccc3OCC(F)F)c3cc(Cl)c(F)cc32)c(OC)c1. The predicted octanol–water partition coefficient (Wildman–Crippen LogP) is 3.90. The first-order chi connectivity index (χ1) is 24.8. The zero-order valence-electron chi connectivity index (χ0n) is 28.8. The fourth-order valence-electron chi connectivity index (χ4n) is 7.15. The molecule has 0 bridgehead atoms. The van der Waals surface area contributed by atoms with E-state index in [1.807, 2.05) is 0 Å². The van der Waals surface area contributed by atoms with Gasteiger partial charge in [-0.05, 0) is 57.2 Å². The molecule has 0 aliphatic carbocycles. The summed E-state index contributed by atoms with van der Waals surface area (Å²) in [7, 11) is -0.312. The first kappa shape index (κ1) is 37.7. The molecule has 0 spiro atoms. The Balaban J connectivity index is 1.47. The van der Waals surface area contributed by atoms with E-state index in [0.29, 0.717) is 36.5 Å². The van der Waals surface area contributed by atoms with Crippen LogP contribution in [-0.4, -0.2) is 115 Å². The van der Waals surface area contributed by atoms with Crippen molar-refractivity contribution in [2.75, 3.05) is 71.4 Å². The number of carbonyl (C=O) groups excluding carboxylic acids is 2. The number of fused-ring (bicyclic) bond motifs is 1. The number of alkyl halides is 2. The molecule has 1 atom stereocenters. The van der Waals surface area contributed by atoms with Crippen molar-refractivity contribution in [3.63, 3.8) is 0 Å². The molecule has 2 amide bonds. The number of methoxy groups -OCH3 is 2. The second kappa shape index (κ2) is 15.1. The zero-order valence-corrected chi connectivity index (χ0v) is 30.4. The van der Waals surface area contributed by atoms with E-state index < -0.39 is 61.7 Å². The van der Waals surface area contributed by atoms with Crippen LogP contribution in [0.3, 0.4) is 0 Å². The number of sulfonamides is 1. The van der Waals surface area contributed by atoms with Crippen LogP contribution in [-0.2, 0) is 25.0 Å². The second-order valence-electron chi connectivity index (χ2n) is 12.8. The van der Waals surface area contributed by atoms with Gasteiger partial charge in [-0.1, -0.05) is 29.8 Å². The first-order valence-electron chi connectivity index (χ1n) is 16.6. The molecule has 3 heterocycles. The van der Waals surface area contributed by atoms with E-state index in [2.05, 4.69) is 22.3 Å². The van der Waals surface area contributed by atoms with Crippen LogP contribution >= 0.6 is 11.6 Å². The minimum atomic E-state index is -4.98. The summed E-state index contributed by atoms with van der Waals surface area (Å²) in [5, 5.41) is 1.11. The smallest absolute Gasteiger partial charge is 0.274 e. The third-order valence-corrected chi connectivity index (χ3v) is 11.9. The summed E-state index contributed by atoms with van der Waals surface area (Å²) in [6.07, 6.45) is -0.909. The van der Waals surface area contributed by atoms with Crippen molar-refractivity contribution >= 4 is 39.1 Å². The van der Waals surface area contributed by atoms with Crippen molar-refractivity contribution in [1.29, 1.82) is 0 Å². The number of nitrogens with one attached hydrogen (secondary N) is 1. The molecule has 12 nitrogen and oxygen atoms in total. The molecule has 0 radical (unpaired) electrons. The number of amides is 2. The number of anilines is 1. The van der Waals surface area contributed by atoms with Gasteiger partial charge in [0.1, 0.15) is 34.6 Å². The molecule has 280 valence electrons. The topological polar surface area (TPSA) is 121 Å². The Labute approximate surface area is 305 Å². The largest absolute Gasteiger partial charge is 0.497 e. The summed E-state index contributed by atoms with van der Waals surface area (Å²) in [4.78, 5) is 34.2. The summed E-state index contributed by atoms with van der Waals surface area (Å²) >= 11 is 6.28. The van der Waals surface area contributed by atoms with Crippen molar-refractivity contribution < 1.29 is 45.4 Å². The van der Waals surface area contributed by atoms with E-state index in [1.54, 1.807) is 5.01 Å². The number of nitrogens with zero attached hydrogens (tertiary/aromatic N) is 4. The minimum Gasteiger partial charge on any atom is -0.497 e. The Morgan fingerprint density at radius 2 is 1.65 bits per heavy atom. The summed E-state index contributed by atoms with van der Waals surface area (Å²) in [5.41, 5.74) is -0.839. The Kier molecular flexibility index (Phi) is 10.9. The Morgan fingerprint density at radius 3 is 2.31 bits per heavy atom. The van der Waals surface area contributed by atoms with Crippen LogP contribution in [0.25, 0.3) is 0 Å². The zero-order chi connectivity index (χ0) is 37.4. The van der Waals surface area contributed by atoms with Crippen LogP contribution in [0.15, 0.2) is 59.5 Å². The molecule has 0 saturated carbocycles. The number of piperidine rings is 1. The number of ether oxygens (including phenoxy) is 3. The monoisotopic (exact) mass is 765 g/mol. The molecule has 1 unspecified atom stereocenters. The molecular formula is C35H39ClF3N5O7S. The van der Waals surface area contributed by atoms with Crippen molar-refractivity contribution in [1.82, 2.24) is 20.2 Å². The van der Waals surface area contributed by atoms with Crippen LogP contribution < -0.4 is 23.9 Å². The summed E-state index contributed by atoms with van der Waals surface area (Å²) in [5.74, 6) is -3.66. The maximum absolute atomic E-state index is 15.3. The van der Waals surface area contributed by atoms with Gasteiger partial charge in [-0.25, -0.2) is 30.9 Å². The van der Waals surface area contributed by atoms with E-state index in [1.165, 1.54) is 50.6 Å². The number of halogens is 4. The third-order valence-electron chi connectivity index (χ3n) is 9.83. The standard InChI is InChI=1S/C35H39ClF3N5O7S/c1-41-12-10-22(11-13-41)42-14-16-43(17-15-42)40-33(45)35(24-6-4-5-7-29(24)51-21-32(38)39)25-19-26(36)27(37)20-28(25)44(34(35)46)52(47,48)31-9-8-23(49-2)18-30(31)50-3/h4-9,18-20,22,32H,10-17,21H2,1-3H3,(H,40,45). The molecule has 17 heteroatoms. The lowest BCUT2D eigenvalue weighted by atomic mass is 9.74. The van der Waals surface area contributed by atoms with E-state index >= 15 is 9.18 Å². The quantitative estimate of drug-likeness (QED) is 0.288. The van der Waals surface area contributed by atoms with Gasteiger partial charge in [-0.3, -0.25) is 19.9 Å². The van der Waals surface area contributed by atoms with Crippen LogP contribution in [0, 0.1) is 5.82 Å². The molecule has 0 aromatic heterocycles. The Morgan fingerprint density at radius 1 is 0.962 bits per heavy atom. The highest BCUT2D eigenvalue weighted by Gasteiger charge is 2.62. The highest BCUT2D eigenvalue weighted by atomic mass is 35.5. The van der Waals surface area contributed by atoms with E-state index in [-0.39, 0.29) is 28.4 Å². The maximum Gasteiger partial charge on any atom is 0.274 e. The van der Waals surface area contributed by atoms with Crippen LogP contribution in [0.1, 0.15) is 24.0 Å². The minimum absolute atomic E-state index is 0.201.